The van der Waals surface area contributed by atoms with Gasteiger partial charge in [-0.05, 0) is 44.0 Å². The highest BCUT2D eigenvalue weighted by atomic mass is 32.2. The molecule has 2 aromatic rings. The van der Waals surface area contributed by atoms with Gasteiger partial charge in [0.05, 0.1) is 16.5 Å². The van der Waals surface area contributed by atoms with Crippen LogP contribution < -0.4 is 15.1 Å². The Kier molecular flexibility index (Phi) is 5.48. The number of anilines is 1. The molecule has 0 unspecified atom stereocenters. The van der Waals surface area contributed by atoms with Gasteiger partial charge in [0.1, 0.15) is 4.90 Å². The molecule has 1 amide bonds. The van der Waals surface area contributed by atoms with Crippen molar-refractivity contribution >= 4 is 38.9 Å². The first kappa shape index (κ1) is 18.9. The molecular weight excluding hydrogens is 364 g/mol. The summed E-state index contributed by atoms with van der Waals surface area (Å²) in [6, 6.07) is 5.34. The van der Waals surface area contributed by atoms with Gasteiger partial charge in [-0.25, -0.2) is 8.42 Å². The fraction of sp³-hybridized carbons (Fsp3) is 0.250. The molecule has 0 atom stereocenters. The van der Waals surface area contributed by atoms with Gasteiger partial charge in [0.2, 0.25) is 0 Å². The number of rotatable bonds is 6. The van der Waals surface area contributed by atoms with Crippen molar-refractivity contribution in [3.63, 3.8) is 0 Å². The van der Waals surface area contributed by atoms with Crippen molar-refractivity contribution in [3.05, 3.63) is 45.1 Å². The summed E-state index contributed by atoms with van der Waals surface area (Å²) in [6.45, 7) is 5.46. The minimum atomic E-state index is -3.97. The number of sulfonamides is 1. The Morgan fingerprint density at radius 2 is 1.88 bits per heavy atom. The second kappa shape index (κ2) is 7.24. The molecule has 0 fully saturated rings. The third-order valence-corrected chi connectivity index (χ3v) is 6.11. The molecule has 0 aliphatic carbocycles. The van der Waals surface area contributed by atoms with Crippen molar-refractivity contribution in [2.24, 2.45) is 0 Å². The van der Waals surface area contributed by atoms with Crippen molar-refractivity contribution in [1.29, 1.82) is 0 Å². The van der Waals surface area contributed by atoms with Crippen molar-refractivity contribution in [2.75, 3.05) is 11.3 Å². The summed E-state index contributed by atoms with van der Waals surface area (Å²) in [7, 11) is -3.97. The van der Waals surface area contributed by atoms with Gasteiger partial charge in [0.25, 0.3) is 15.9 Å². The summed E-state index contributed by atoms with van der Waals surface area (Å²) in [5.74, 6) is -1.74. The predicted octanol–water partition coefficient (Wildman–Crippen LogP) is 1.28. The highest BCUT2D eigenvalue weighted by Gasteiger charge is 2.23. The molecule has 7 nitrogen and oxygen atoms in total. The van der Waals surface area contributed by atoms with Gasteiger partial charge in [0.15, 0.2) is 0 Å². The number of hydrogen-bond acceptors (Lipinski definition) is 6. The Morgan fingerprint density at radius 3 is 2.48 bits per heavy atom. The summed E-state index contributed by atoms with van der Waals surface area (Å²) in [5.41, 5.74) is 0.575. The Labute approximate surface area is 149 Å². The molecule has 2 N–H and O–H groups in total. The first-order chi connectivity index (χ1) is 11.7. The summed E-state index contributed by atoms with van der Waals surface area (Å²) in [6.07, 6.45) is 0. The normalized spacial score (nSPS) is 11.2. The second-order valence-corrected chi connectivity index (χ2v) is 8.22. The lowest BCUT2D eigenvalue weighted by molar-refractivity contribution is -0.255. The Balaban J connectivity index is 2.39. The van der Waals surface area contributed by atoms with Crippen LogP contribution in [0, 0.1) is 13.8 Å². The zero-order valence-corrected chi connectivity index (χ0v) is 15.5. The molecule has 1 heterocycles. The molecule has 0 aliphatic heterocycles. The van der Waals surface area contributed by atoms with E-state index in [9.17, 15) is 23.1 Å². The van der Waals surface area contributed by atoms with E-state index in [4.69, 9.17) is 0 Å². The zero-order valence-electron chi connectivity index (χ0n) is 13.9. The number of carboxylic acid groups (broad SMARTS) is 1. The van der Waals surface area contributed by atoms with E-state index in [1.54, 1.807) is 20.8 Å². The molecule has 0 bridgehead atoms. The smallest absolute Gasteiger partial charge is 0.263 e. The van der Waals surface area contributed by atoms with Gasteiger partial charge in [-0.1, -0.05) is 12.1 Å². The highest BCUT2D eigenvalue weighted by Crippen LogP contribution is 2.28. The fourth-order valence-corrected chi connectivity index (χ4v) is 4.78. The fourth-order valence-electron chi connectivity index (χ4n) is 2.15. The lowest BCUT2D eigenvalue weighted by atomic mass is 10.1. The number of aryl methyl sites for hydroxylation is 2. The summed E-state index contributed by atoms with van der Waals surface area (Å²) in [4.78, 5) is 23.6. The van der Waals surface area contributed by atoms with E-state index in [0.29, 0.717) is 21.9 Å². The van der Waals surface area contributed by atoms with Crippen LogP contribution >= 0.6 is 11.3 Å². The molecular formula is C16H17N2O5S2-. The third-order valence-electron chi connectivity index (χ3n) is 3.44. The lowest BCUT2D eigenvalue weighted by Gasteiger charge is -2.12. The van der Waals surface area contributed by atoms with Crippen molar-refractivity contribution < 1.29 is 23.1 Å². The van der Waals surface area contributed by atoms with Gasteiger partial charge < -0.3 is 15.2 Å². The molecule has 25 heavy (non-hydrogen) atoms. The van der Waals surface area contributed by atoms with Crippen LogP contribution in [0.2, 0.25) is 0 Å². The summed E-state index contributed by atoms with van der Waals surface area (Å²) >= 11 is 1.08. The number of thiophene rings is 1. The Hall–Kier alpha value is -2.39. The van der Waals surface area contributed by atoms with E-state index in [-0.39, 0.29) is 22.1 Å². The number of carbonyl (C=O) groups is 2. The molecule has 1 aromatic carbocycles. The third kappa shape index (κ3) is 4.18. The van der Waals surface area contributed by atoms with Crippen LogP contribution in [-0.4, -0.2) is 26.8 Å². The molecule has 0 radical (unpaired) electrons. The molecule has 0 saturated heterocycles. The van der Waals surface area contributed by atoms with E-state index in [1.165, 1.54) is 24.3 Å². The number of aromatic carboxylic acids is 1. The van der Waals surface area contributed by atoms with Crippen LogP contribution in [-0.2, 0) is 10.0 Å². The molecule has 1 aromatic heterocycles. The second-order valence-electron chi connectivity index (χ2n) is 5.31. The molecule has 0 saturated carbocycles. The minimum Gasteiger partial charge on any atom is -0.545 e. The highest BCUT2D eigenvalue weighted by molar-refractivity contribution is 7.93. The first-order valence-corrected chi connectivity index (χ1v) is 9.69. The minimum absolute atomic E-state index is 0.0167. The summed E-state index contributed by atoms with van der Waals surface area (Å²) < 4.78 is 27.7. The zero-order chi connectivity index (χ0) is 18.8. The largest absolute Gasteiger partial charge is 0.545 e. The average Bonchev–Trinajstić information content (AvgIpc) is 2.92. The van der Waals surface area contributed by atoms with Crippen molar-refractivity contribution in [1.82, 2.24) is 5.32 Å². The molecule has 0 aliphatic rings. The number of hydrogen-bond donors (Lipinski definition) is 2. The number of benzene rings is 1. The Morgan fingerprint density at radius 1 is 1.20 bits per heavy atom. The van der Waals surface area contributed by atoms with E-state index >= 15 is 0 Å². The van der Waals surface area contributed by atoms with Gasteiger partial charge in [0, 0.05) is 11.4 Å². The maximum Gasteiger partial charge on any atom is 0.263 e. The van der Waals surface area contributed by atoms with Gasteiger partial charge in [-0.3, -0.25) is 9.52 Å². The molecule has 2 rings (SSSR count). The average molecular weight is 381 g/mol. The Bertz CT molecular complexity index is 932. The molecule has 0 spiro atoms. The maximum absolute atomic E-state index is 12.7. The van der Waals surface area contributed by atoms with Gasteiger partial charge >= 0.3 is 0 Å². The standard InChI is InChI=1S/C16H18N2O5S2/c1-4-17-15(19)13-8-14(10(3)24-13)25(22,23)18-12-7-11(16(20)21)6-5-9(12)2/h5-8,18H,4H2,1-3H3,(H,17,19)(H,20,21)/p-1. The maximum atomic E-state index is 12.7. The van der Waals surface area contributed by atoms with Gasteiger partial charge in [-0.15, -0.1) is 11.3 Å². The van der Waals surface area contributed by atoms with E-state index in [1.807, 2.05) is 0 Å². The van der Waals surface area contributed by atoms with Crippen LogP contribution in [0.15, 0.2) is 29.2 Å². The van der Waals surface area contributed by atoms with E-state index < -0.39 is 16.0 Å². The SMILES string of the molecule is CCNC(=O)c1cc(S(=O)(=O)Nc2cc(C(=O)[O-])ccc2C)c(C)s1. The van der Waals surface area contributed by atoms with Crippen LogP contribution in [0.4, 0.5) is 5.69 Å². The quantitative estimate of drug-likeness (QED) is 0.782. The van der Waals surface area contributed by atoms with Crippen LogP contribution in [0.5, 0.6) is 0 Å². The van der Waals surface area contributed by atoms with Crippen molar-refractivity contribution in [3.8, 4) is 0 Å². The van der Waals surface area contributed by atoms with E-state index in [0.717, 1.165) is 11.3 Å². The predicted molar refractivity (Wildman–Crippen MR) is 93.4 cm³/mol. The van der Waals surface area contributed by atoms with E-state index in [2.05, 4.69) is 10.0 Å². The molecule has 9 heteroatoms. The summed E-state index contributed by atoms with van der Waals surface area (Å²) in [5, 5.41) is 13.6. The molecule has 134 valence electrons. The number of carboxylic acids is 1. The van der Waals surface area contributed by atoms with Gasteiger partial charge in [-0.2, -0.15) is 0 Å². The number of nitrogens with one attached hydrogen (secondary N) is 2. The first-order valence-electron chi connectivity index (χ1n) is 7.39. The van der Waals surface area contributed by atoms with Crippen LogP contribution in [0.25, 0.3) is 0 Å². The monoisotopic (exact) mass is 381 g/mol. The van der Waals surface area contributed by atoms with Crippen molar-refractivity contribution in [2.45, 2.75) is 25.7 Å². The number of amides is 1. The lowest BCUT2D eigenvalue weighted by Crippen LogP contribution is -2.23. The topological polar surface area (TPSA) is 115 Å². The number of carbonyl (C=O) groups excluding carboxylic acids is 2. The van der Waals surface area contributed by atoms with Crippen LogP contribution in [0.1, 0.15) is 37.4 Å². The van der Waals surface area contributed by atoms with Crippen LogP contribution in [0.3, 0.4) is 0 Å².